The maximum Gasteiger partial charge on any atom is 0.191 e. The summed E-state index contributed by atoms with van der Waals surface area (Å²) in [5.74, 6) is 2.59. The Morgan fingerprint density at radius 3 is 2.85 bits per heavy atom. The average molecular weight is 362 g/mol. The largest absolute Gasteiger partial charge is 0.375 e. The zero-order chi connectivity index (χ0) is 18.8. The SMILES string of the molecule is CCNC(=NCc1ccnc(N2CCOC(C)C2)c1)NCC(CC)CC. The summed E-state index contributed by atoms with van der Waals surface area (Å²) in [5.41, 5.74) is 1.17. The van der Waals surface area contributed by atoms with E-state index >= 15 is 0 Å². The molecule has 26 heavy (non-hydrogen) atoms. The molecular formula is C20H35N5O. The predicted octanol–water partition coefficient (Wildman–Crippen LogP) is 2.80. The van der Waals surface area contributed by atoms with Crippen molar-refractivity contribution < 1.29 is 4.74 Å². The van der Waals surface area contributed by atoms with Gasteiger partial charge in [-0.3, -0.25) is 0 Å². The van der Waals surface area contributed by atoms with Gasteiger partial charge in [0.15, 0.2) is 5.96 Å². The quantitative estimate of drug-likeness (QED) is 0.551. The Labute approximate surface area is 158 Å². The third kappa shape index (κ3) is 6.48. The van der Waals surface area contributed by atoms with Crippen molar-refractivity contribution >= 4 is 11.8 Å². The van der Waals surface area contributed by atoms with Crippen LogP contribution in [-0.4, -0.2) is 49.8 Å². The van der Waals surface area contributed by atoms with Crippen LogP contribution in [0.25, 0.3) is 0 Å². The number of anilines is 1. The maximum atomic E-state index is 5.62. The third-order valence-corrected chi connectivity index (χ3v) is 4.85. The standard InChI is InChI=1S/C20H35N5O/c1-5-17(6-2)13-23-20(21-7-3)24-14-18-8-9-22-19(12-18)25-10-11-26-16(4)15-25/h8-9,12,16-17H,5-7,10-11,13-15H2,1-4H3,(H2,21,23,24). The van der Waals surface area contributed by atoms with Crippen molar-refractivity contribution in [3.05, 3.63) is 23.9 Å². The van der Waals surface area contributed by atoms with E-state index in [1.54, 1.807) is 0 Å². The number of nitrogens with zero attached hydrogens (tertiary/aromatic N) is 3. The summed E-state index contributed by atoms with van der Waals surface area (Å²) in [5, 5.41) is 6.81. The number of guanidine groups is 1. The second kappa shape index (κ2) is 11.0. The summed E-state index contributed by atoms with van der Waals surface area (Å²) in [6.07, 6.45) is 4.51. The lowest BCUT2D eigenvalue weighted by Gasteiger charge is -2.32. The third-order valence-electron chi connectivity index (χ3n) is 4.85. The molecule has 0 radical (unpaired) electrons. The number of hydrogen-bond acceptors (Lipinski definition) is 4. The Bertz CT molecular complexity index is 559. The Hall–Kier alpha value is -1.82. The molecule has 0 saturated carbocycles. The van der Waals surface area contributed by atoms with E-state index < -0.39 is 0 Å². The molecular weight excluding hydrogens is 326 g/mol. The molecule has 2 rings (SSSR count). The molecule has 6 nitrogen and oxygen atoms in total. The van der Waals surface area contributed by atoms with Gasteiger partial charge in [-0.05, 0) is 37.5 Å². The fraction of sp³-hybridized carbons (Fsp3) is 0.700. The first-order valence-corrected chi connectivity index (χ1v) is 9.99. The van der Waals surface area contributed by atoms with E-state index in [2.05, 4.69) is 54.3 Å². The average Bonchev–Trinajstić information content (AvgIpc) is 2.67. The van der Waals surface area contributed by atoms with E-state index in [1.807, 2.05) is 12.3 Å². The van der Waals surface area contributed by atoms with Crippen molar-refractivity contribution in [1.29, 1.82) is 0 Å². The van der Waals surface area contributed by atoms with Gasteiger partial charge in [-0.15, -0.1) is 0 Å². The van der Waals surface area contributed by atoms with Crippen LogP contribution in [0.4, 0.5) is 5.82 Å². The Morgan fingerprint density at radius 2 is 2.15 bits per heavy atom. The number of aromatic nitrogens is 1. The molecule has 1 aliphatic heterocycles. The Balaban J connectivity index is 1.98. The van der Waals surface area contributed by atoms with Gasteiger partial charge in [-0.25, -0.2) is 9.98 Å². The lowest BCUT2D eigenvalue weighted by Crippen LogP contribution is -2.41. The van der Waals surface area contributed by atoms with E-state index in [9.17, 15) is 0 Å². The van der Waals surface area contributed by atoms with E-state index in [0.29, 0.717) is 12.5 Å². The summed E-state index contributed by atoms with van der Waals surface area (Å²) in [4.78, 5) is 11.6. The number of aliphatic imine (C=N–C) groups is 1. The molecule has 1 fully saturated rings. The summed E-state index contributed by atoms with van der Waals surface area (Å²) < 4.78 is 5.62. The Kier molecular flexibility index (Phi) is 8.68. The van der Waals surface area contributed by atoms with Crippen molar-refractivity contribution in [1.82, 2.24) is 15.6 Å². The first-order valence-electron chi connectivity index (χ1n) is 9.99. The van der Waals surface area contributed by atoms with Gasteiger partial charge in [0.25, 0.3) is 0 Å². The van der Waals surface area contributed by atoms with Gasteiger partial charge < -0.3 is 20.3 Å². The predicted molar refractivity (Wildman–Crippen MR) is 109 cm³/mol. The number of nitrogens with one attached hydrogen (secondary N) is 2. The van der Waals surface area contributed by atoms with Crippen molar-refractivity contribution in [2.45, 2.75) is 53.2 Å². The zero-order valence-corrected chi connectivity index (χ0v) is 16.8. The molecule has 1 unspecified atom stereocenters. The minimum absolute atomic E-state index is 0.252. The first kappa shape index (κ1) is 20.5. The second-order valence-electron chi connectivity index (χ2n) is 6.91. The van der Waals surface area contributed by atoms with Crippen LogP contribution >= 0.6 is 0 Å². The van der Waals surface area contributed by atoms with Gasteiger partial charge in [0.05, 0.1) is 19.3 Å². The summed E-state index contributed by atoms with van der Waals surface area (Å²) in [7, 11) is 0. The minimum atomic E-state index is 0.252. The molecule has 1 aliphatic rings. The van der Waals surface area contributed by atoms with E-state index in [4.69, 9.17) is 9.73 Å². The van der Waals surface area contributed by atoms with Crippen molar-refractivity contribution in [3.63, 3.8) is 0 Å². The molecule has 1 aromatic heterocycles. The molecule has 0 aliphatic carbocycles. The summed E-state index contributed by atoms with van der Waals surface area (Å²) >= 11 is 0. The lowest BCUT2D eigenvalue weighted by atomic mass is 10.0. The number of ether oxygens (including phenoxy) is 1. The van der Waals surface area contributed by atoms with Gasteiger partial charge >= 0.3 is 0 Å². The fourth-order valence-electron chi connectivity index (χ4n) is 3.09. The number of hydrogen-bond donors (Lipinski definition) is 2. The molecule has 146 valence electrons. The number of rotatable bonds is 8. The zero-order valence-electron chi connectivity index (χ0n) is 16.8. The van der Waals surface area contributed by atoms with Gasteiger partial charge in [0.1, 0.15) is 5.82 Å². The van der Waals surface area contributed by atoms with Crippen molar-refractivity contribution in [2.75, 3.05) is 37.7 Å². The normalized spacial score (nSPS) is 18.3. The highest BCUT2D eigenvalue weighted by Gasteiger charge is 2.18. The molecule has 1 atom stereocenters. The monoisotopic (exact) mass is 361 g/mol. The minimum Gasteiger partial charge on any atom is -0.375 e. The van der Waals surface area contributed by atoms with Crippen LogP contribution in [0.5, 0.6) is 0 Å². The van der Waals surface area contributed by atoms with Crippen LogP contribution in [0.1, 0.15) is 46.1 Å². The van der Waals surface area contributed by atoms with Gasteiger partial charge in [0.2, 0.25) is 0 Å². The number of pyridine rings is 1. The highest BCUT2D eigenvalue weighted by molar-refractivity contribution is 5.79. The van der Waals surface area contributed by atoms with Crippen LogP contribution in [0.2, 0.25) is 0 Å². The van der Waals surface area contributed by atoms with Crippen LogP contribution in [-0.2, 0) is 11.3 Å². The first-order chi connectivity index (χ1) is 12.7. The smallest absolute Gasteiger partial charge is 0.191 e. The van der Waals surface area contributed by atoms with E-state index in [1.165, 1.54) is 18.4 Å². The van der Waals surface area contributed by atoms with Crippen LogP contribution in [0, 0.1) is 5.92 Å². The second-order valence-corrected chi connectivity index (χ2v) is 6.91. The van der Waals surface area contributed by atoms with Crippen LogP contribution in [0.15, 0.2) is 23.3 Å². The van der Waals surface area contributed by atoms with E-state index in [0.717, 1.165) is 44.6 Å². The summed E-state index contributed by atoms with van der Waals surface area (Å²) in [6, 6.07) is 4.19. The topological polar surface area (TPSA) is 61.8 Å². The molecule has 2 heterocycles. The van der Waals surface area contributed by atoms with Crippen molar-refractivity contribution in [2.24, 2.45) is 10.9 Å². The molecule has 1 aromatic rings. The lowest BCUT2D eigenvalue weighted by molar-refractivity contribution is 0.0529. The van der Waals surface area contributed by atoms with Gasteiger partial charge in [-0.2, -0.15) is 0 Å². The molecule has 0 spiro atoms. The molecule has 2 N–H and O–H groups in total. The molecule has 6 heteroatoms. The fourth-order valence-corrected chi connectivity index (χ4v) is 3.09. The maximum absolute atomic E-state index is 5.62. The van der Waals surface area contributed by atoms with Gasteiger partial charge in [0, 0.05) is 32.4 Å². The Morgan fingerprint density at radius 1 is 1.35 bits per heavy atom. The highest BCUT2D eigenvalue weighted by Crippen LogP contribution is 2.17. The molecule has 0 bridgehead atoms. The van der Waals surface area contributed by atoms with E-state index in [-0.39, 0.29) is 6.10 Å². The number of morpholine rings is 1. The molecule has 0 aromatic carbocycles. The van der Waals surface area contributed by atoms with Crippen LogP contribution < -0.4 is 15.5 Å². The highest BCUT2D eigenvalue weighted by atomic mass is 16.5. The van der Waals surface area contributed by atoms with Crippen molar-refractivity contribution in [3.8, 4) is 0 Å². The summed E-state index contributed by atoms with van der Waals surface area (Å²) in [6.45, 7) is 13.7. The molecule has 1 saturated heterocycles. The van der Waals surface area contributed by atoms with Gasteiger partial charge in [-0.1, -0.05) is 26.7 Å². The molecule has 0 amide bonds. The van der Waals surface area contributed by atoms with Crippen LogP contribution in [0.3, 0.4) is 0 Å².